The minimum Gasteiger partial charge on any atom is -0.478 e. The van der Waals surface area contributed by atoms with Crippen LogP contribution in [0.3, 0.4) is 0 Å². The molecule has 1 N–H and O–H groups in total. The van der Waals surface area contributed by atoms with Crippen molar-refractivity contribution in [2.75, 3.05) is 0 Å². The van der Waals surface area contributed by atoms with Gasteiger partial charge < -0.3 is 5.11 Å². The zero-order valence-electron chi connectivity index (χ0n) is 7.97. The van der Waals surface area contributed by atoms with E-state index in [0.29, 0.717) is 5.56 Å². The molecule has 1 rings (SSSR count). The molecule has 0 aliphatic rings. The number of rotatable bonds is 1. The Morgan fingerprint density at radius 3 is 2.31 bits per heavy atom. The zero-order valence-corrected chi connectivity index (χ0v) is 7.97. The molecule has 0 fully saturated rings. The summed E-state index contributed by atoms with van der Waals surface area (Å²) in [6, 6.07) is 3.69. The van der Waals surface area contributed by atoms with E-state index in [4.69, 9.17) is 5.11 Å². The maximum atomic E-state index is 12.4. The molecular formula is C10H13FO2. The van der Waals surface area contributed by atoms with E-state index >= 15 is 0 Å². The van der Waals surface area contributed by atoms with E-state index in [1.165, 1.54) is 12.1 Å². The highest BCUT2D eigenvalue weighted by molar-refractivity contribution is 5.89. The monoisotopic (exact) mass is 184 g/mol. The maximum absolute atomic E-state index is 12.4. The van der Waals surface area contributed by atoms with Crippen LogP contribution >= 0.6 is 0 Å². The van der Waals surface area contributed by atoms with Crippen molar-refractivity contribution in [3.8, 4) is 0 Å². The van der Waals surface area contributed by atoms with Gasteiger partial charge in [-0.3, -0.25) is 0 Å². The van der Waals surface area contributed by atoms with Crippen LogP contribution in [0.1, 0.15) is 29.8 Å². The second-order valence-corrected chi connectivity index (χ2v) is 2.26. The van der Waals surface area contributed by atoms with Crippen LogP contribution in [0.5, 0.6) is 0 Å². The summed E-state index contributed by atoms with van der Waals surface area (Å²) in [5.74, 6) is -1.62. The lowest BCUT2D eigenvalue weighted by atomic mass is 10.1. The summed E-state index contributed by atoms with van der Waals surface area (Å²) >= 11 is 0. The minimum absolute atomic E-state index is 0.0185. The number of halogens is 1. The highest BCUT2D eigenvalue weighted by Crippen LogP contribution is 2.09. The third-order valence-electron chi connectivity index (χ3n) is 1.43. The molecule has 0 amide bonds. The lowest BCUT2D eigenvalue weighted by molar-refractivity contribution is 0.0695. The molecule has 0 aliphatic carbocycles. The molecular weight excluding hydrogens is 171 g/mol. The molecule has 0 aliphatic heterocycles. The van der Waals surface area contributed by atoms with Crippen molar-refractivity contribution in [2.24, 2.45) is 0 Å². The summed E-state index contributed by atoms with van der Waals surface area (Å²) in [6.07, 6.45) is 0. The SMILES string of the molecule is CC.Cc1ccc(F)cc1C(=O)O. The van der Waals surface area contributed by atoms with Crippen molar-refractivity contribution >= 4 is 5.97 Å². The summed E-state index contributed by atoms with van der Waals surface area (Å²) in [5, 5.41) is 8.52. The highest BCUT2D eigenvalue weighted by Gasteiger charge is 2.06. The molecule has 3 heteroatoms. The van der Waals surface area contributed by atoms with Crippen LogP contribution < -0.4 is 0 Å². The van der Waals surface area contributed by atoms with E-state index in [2.05, 4.69) is 0 Å². The number of carbonyl (C=O) groups is 1. The Balaban J connectivity index is 0.000000671. The van der Waals surface area contributed by atoms with Gasteiger partial charge in [-0.15, -0.1) is 0 Å². The molecule has 72 valence electrons. The number of aromatic carboxylic acids is 1. The van der Waals surface area contributed by atoms with E-state index in [0.717, 1.165) is 6.07 Å². The fourth-order valence-electron chi connectivity index (χ4n) is 0.825. The quantitative estimate of drug-likeness (QED) is 0.728. The number of hydrogen-bond acceptors (Lipinski definition) is 1. The lowest BCUT2D eigenvalue weighted by Crippen LogP contribution is -1.99. The van der Waals surface area contributed by atoms with Crippen LogP contribution in [0.25, 0.3) is 0 Å². The Bertz CT molecular complexity index is 295. The van der Waals surface area contributed by atoms with E-state index in [-0.39, 0.29) is 5.56 Å². The van der Waals surface area contributed by atoms with Crippen molar-refractivity contribution < 1.29 is 14.3 Å². The number of aryl methyl sites for hydroxylation is 1. The maximum Gasteiger partial charge on any atom is 0.336 e. The average Bonchev–Trinajstić information content (AvgIpc) is 2.12. The molecule has 0 heterocycles. The predicted molar refractivity (Wildman–Crippen MR) is 49.4 cm³/mol. The molecule has 0 radical (unpaired) electrons. The summed E-state index contributed by atoms with van der Waals surface area (Å²) in [4.78, 5) is 10.4. The Morgan fingerprint density at radius 1 is 1.38 bits per heavy atom. The summed E-state index contributed by atoms with van der Waals surface area (Å²) in [5.41, 5.74) is 0.587. The van der Waals surface area contributed by atoms with E-state index in [1.54, 1.807) is 6.92 Å². The lowest BCUT2D eigenvalue weighted by Gasteiger charge is -1.98. The van der Waals surface area contributed by atoms with Crippen LogP contribution in [0.2, 0.25) is 0 Å². The van der Waals surface area contributed by atoms with Crippen molar-refractivity contribution in [1.82, 2.24) is 0 Å². The predicted octanol–water partition coefficient (Wildman–Crippen LogP) is 2.86. The molecule has 0 bridgehead atoms. The fraction of sp³-hybridized carbons (Fsp3) is 0.300. The summed E-state index contributed by atoms with van der Waals surface area (Å²) in [7, 11) is 0. The smallest absolute Gasteiger partial charge is 0.336 e. The van der Waals surface area contributed by atoms with E-state index in [1.807, 2.05) is 13.8 Å². The Kier molecular flexibility index (Phi) is 4.74. The van der Waals surface area contributed by atoms with Crippen LogP contribution in [-0.2, 0) is 0 Å². The fourth-order valence-corrected chi connectivity index (χ4v) is 0.825. The molecule has 0 saturated carbocycles. The summed E-state index contributed by atoms with van der Waals surface area (Å²) < 4.78 is 12.4. The molecule has 1 aromatic rings. The number of hydrogen-bond donors (Lipinski definition) is 1. The van der Waals surface area contributed by atoms with Crippen LogP contribution in [0.15, 0.2) is 18.2 Å². The largest absolute Gasteiger partial charge is 0.478 e. The van der Waals surface area contributed by atoms with Crippen LogP contribution in [0, 0.1) is 12.7 Å². The van der Waals surface area contributed by atoms with Gasteiger partial charge in [-0.2, -0.15) is 0 Å². The standard InChI is InChI=1S/C8H7FO2.C2H6/c1-5-2-3-6(9)4-7(5)8(10)11;1-2/h2-4H,1H3,(H,10,11);1-2H3. The van der Waals surface area contributed by atoms with Gasteiger partial charge in [-0.05, 0) is 24.6 Å². The van der Waals surface area contributed by atoms with Crippen molar-refractivity contribution in [1.29, 1.82) is 0 Å². The van der Waals surface area contributed by atoms with Crippen LogP contribution in [0.4, 0.5) is 4.39 Å². The van der Waals surface area contributed by atoms with Gasteiger partial charge >= 0.3 is 5.97 Å². The van der Waals surface area contributed by atoms with Crippen LogP contribution in [-0.4, -0.2) is 11.1 Å². The van der Waals surface area contributed by atoms with Crippen molar-refractivity contribution in [2.45, 2.75) is 20.8 Å². The topological polar surface area (TPSA) is 37.3 Å². The van der Waals surface area contributed by atoms with E-state index < -0.39 is 11.8 Å². The molecule has 0 atom stereocenters. The average molecular weight is 184 g/mol. The molecule has 0 spiro atoms. The molecule has 0 saturated heterocycles. The molecule has 0 unspecified atom stereocenters. The van der Waals surface area contributed by atoms with Gasteiger partial charge in [0.2, 0.25) is 0 Å². The highest BCUT2D eigenvalue weighted by atomic mass is 19.1. The third kappa shape index (κ3) is 3.23. The second kappa shape index (κ2) is 5.30. The second-order valence-electron chi connectivity index (χ2n) is 2.26. The van der Waals surface area contributed by atoms with Gasteiger partial charge in [0.15, 0.2) is 0 Å². The Morgan fingerprint density at radius 2 is 1.92 bits per heavy atom. The molecule has 0 aromatic heterocycles. The Hall–Kier alpha value is -1.38. The van der Waals surface area contributed by atoms with Gasteiger partial charge in [-0.1, -0.05) is 19.9 Å². The summed E-state index contributed by atoms with van der Waals surface area (Å²) in [6.45, 7) is 5.63. The zero-order chi connectivity index (χ0) is 10.4. The van der Waals surface area contributed by atoms with Gasteiger partial charge in [0, 0.05) is 0 Å². The third-order valence-corrected chi connectivity index (χ3v) is 1.43. The first-order valence-corrected chi connectivity index (χ1v) is 4.10. The number of carboxylic acid groups (broad SMARTS) is 1. The number of benzene rings is 1. The number of carboxylic acids is 1. The van der Waals surface area contributed by atoms with E-state index in [9.17, 15) is 9.18 Å². The van der Waals surface area contributed by atoms with Gasteiger partial charge in [0.25, 0.3) is 0 Å². The van der Waals surface area contributed by atoms with Gasteiger partial charge in [0.05, 0.1) is 5.56 Å². The van der Waals surface area contributed by atoms with Crippen molar-refractivity contribution in [3.05, 3.63) is 35.1 Å². The van der Waals surface area contributed by atoms with Crippen molar-refractivity contribution in [3.63, 3.8) is 0 Å². The normalized spacial score (nSPS) is 8.62. The first-order valence-electron chi connectivity index (χ1n) is 4.10. The van der Waals surface area contributed by atoms with Gasteiger partial charge in [-0.25, -0.2) is 9.18 Å². The Labute approximate surface area is 77.0 Å². The minimum atomic E-state index is -1.10. The molecule has 2 nitrogen and oxygen atoms in total. The molecule has 13 heavy (non-hydrogen) atoms. The van der Waals surface area contributed by atoms with Gasteiger partial charge in [0.1, 0.15) is 5.82 Å². The molecule has 1 aromatic carbocycles. The first kappa shape index (κ1) is 11.6. The first-order chi connectivity index (χ1) is 6.11.